The van der Waals surface area contributed by atoms with Crippen molar-refractivity contribution in [3.8, 4) is 39.4 Å². The third kappa shape index (κ3) is 6.64. The zero-order valence-electron chi connectivity index (χ0n) is 24.4. The van der Waals surface area contributed by atoms with Crippen LogP contribution in [0.3, 0.4) is 0 Å². The standard InChI is InChI=1S/C29H33N7O6S/c1-16-7-8-17(31-22(37)9-10-23(38)36-11-5-6-12-36)13-19(16)27-34-28(42-35-27)25-26(30)33-29(43-25)32-18-14-20(39-2)24(41-4)21(15-18)40-3/h7-8,13-15H,5-6,9-12,30H2,1-4H3,(H,31,37)(H,32,33). The fourth-order valence-electron chi connectivity index (χ4n) is 4.75. The summed E-state index contributed by atoms with van der Waals surface area (Å²) in [6.07, 6.45) is 2.34. The maximum atomic E-state index is 12.6. The molecule has 1 aliphatic rings. The molecular formula is C29H33N7O6S. The van der Waals surface area contributed by atoms with Crippen LogP contribution in [0.25, 0.3) is 22.2 Å². The molecule has 2 aromatic heterocycles. The van der Waals surface area contributed by atoms with Crippen LogP contribution in [-0.2, 0) is 9.59 Å². The molecule has 1 fully saturated rings. The molecule has 0 bridgehead atoms. The number of hydrogen-bond acceptors (Lipinski definition) is 12. The molecule has 0 radical (unpaired) electrons. The molecule has 2 amide bonds. The Morgan fingerprint density at radius 1 is 1.00 bits per heavy atom. The molecule has 13 nitrogen and oxygen atoms in total. The minimum absolute atomic E-state index is 0.0146. The van der Waals surface area contributed by atoms with Crippen LogP contribution in [0.1, 0.15) is 31.2 Å². The predicted molar refractivity (Wildman–Crippen MR) is 163 cm³/mol. The number of methoxy groups -OCH3 is 3. The summed E-state index contributed by atoms with van der Waals surface area (Å²) in [6.45, 7) is 3.45. The number of hydrogen-bond donors (Lipinski definition) is 3. The number of aryl methyl sites for hydroxylation is 1. The van der Waals surface area contributed by atoms with E-state index in [1.807, 2.05) is 17.9 Å². The molecule has 5 rings (SSSR count). The van der Waals surface area contributed by atoms with E-state index in [0.717, 1.165) is 31.5 Å². The van der Waals surface area contributed by atoms with Crippen LogP contribution in [0.2, 0.25) is 0 Å². The smallest absolute Gasteiger partial charge is 0.272 e. The first-order valence-electron chi connectivity index (χ1n) is 13.7. The van der Waals surface area contributed by atoms with Crippen molar-refractivity contribution in [2.45, 2.75) is 32.6 Å². The minimum Gasteiger partial charge on any atom is -0.493 e. The summed E-state index contributed by atoms with van der Waals surface area (Å²) in [5.74, 6) is 1.98. The van der Waals surface area contributed by atoms with Crippen molar-refractivity contribution < 1.29 is 28.3 Å². The van der Waals surface area contributed by atoms with Gasteiger partial charge < -0.3 is 40.0 Å². The van der Waals surface area contributed by atoms with Crippen LogP contribution in [0.4, 0.5) is 22.3 Å². The van der Waals surface area contributed by atoms with Gasteiger partial charge in [-0.25, -0.2) is 4.98 Å². The number of amides is 2. The Bertz CT molecular complexity index is 1600. The second-order valence-corrected chi connectivity index (χ2v) is 10.9. The molecule has 2 aromatic carbocycles. The molecule has 226 valence electrons. The summed E-state index contributed by atoms with van der Waals surface area (Å²) in [5, 5.41) is 10.7. The topological polar surface area (TPSA) is 167 Å². The summed E-state index contributed by atoms with van der Waals surface area (Å²) < 4.78 is 21.8. The van der Waals surface area contributed by atoms with Crippen LogP contribution in [-0.4, -0.2) is 66.3 Å². The fourth-order valence-corrected chi connectivity index (χ4v) is 5.58. The average Bonchev–Trinajstić information content (AvgIpc) is 3.78. The van der Waals surface area contributed by atoms with Gasteiger partial charge in [0.15, 0.2) is 16.6 Å². The molecule has 1 aliphatic heterocycles. The van der Waals surface area contributed by atoms with E-state index in [1.54, 1.807) is 24.3 Å². The largest absolute Gasteiger partial charge is 0.493 e. The van der Waals surface area contributed by atoms with Gasteiger partial charge in [0.25, 0.3) is 5.89 Å². The average molecular weight is 608 g/mol. The van der Waals surface area contributed by atoms with Gasteiger partial charge in [0.2, 0.25) is 23.4 Å². The Balaban J connectivity index is 1.29. The predicted octanol–water partition coefficient (Wildman–Crippen LogP) is 4.86. The Morgan fingerprint density at radius 2 is 1.72 bits per heavy atom. The van der Waals surface area contributed by atoms with Crippen molar-refractivity contribution in [3.05, 3.63) is 35.9 Å². The first-order valence-corrected chi connectivity index (χ1v) is 14.5. The van der Waals surface area contributed by atoms with Crippen LogP contribution in [0.5, 0.6) is 17.2 Å². The van der Waals surface area contributed by atoms with E-state index in [1.165, 1.54) is 32.7 Å². The van der Waals surface area contributed by atoms with Crippen molar-refractivity contribution >= 4 is 45.5 Å². The van der Waals surface area contributed by atoms with E-state index in [2.05, 4.69) is 25.8 Å². The van der Waals surface area contributed by atoms with Gasteiger partial charge in [-0.05, 0) is 37.5 Å². The highest BCUT2D eigenvalue weighted by Gasteiger charge is 2.21. The molecule has 0 atom stereocenters. The number of carbonyl (C=O) groups excluding carboxylic acids is 2. The first kappa shape index (κ1) is 29.6. The SMILES string of the molecule is COc1cc(Nc2nc(N)c(-c3nc(-c4cc(NC(=O)CCC(=O)N5CCCC5)ccc4C)no3)s2)cc(OC)c1OC. The van der Waals surface area contributed by atoms with Crippen molar-refractivity contribution in [3.63, 3.8) is 0 Å². The molecule has 0 aliphatic carbocycles. The van der Waals surface area contributed by atoms with Gasteiger partial charge in [0.1, 0.15) is 10.7 Å². The molecule has 43 heavy (non-hydrogen) atoms. The van der Waals surface area contributed by atoms with Gasteiger partial charge in [-0.2, -0.15) is 4.98 Å². The number of nitrogens with zero attached hydrogens (tertiary/aromatic N) is 4. The van der Waals surface area contributed by atoms with Crippen molar-refractivity contribution in [1.82, 2.24) is 20.0 Å². The number of benzene rings is 2. The maximum Gasteiger partial charge on any atom is 0.272 e. The Kier molecular flexibility index (Phi) is 8.95. The summed E-state index contributed by atoms with van der Waals surface area (Å²) in [4.78, 5) is 36.1. The van der Waals surface area contributed by atoms with E-state index in [4.69, 9.17) is 24.5 Å². The zero-order valence-corrected chi connectivity index (χ0v) is 25.2. The number of anilines is 4. The molecule has 0 unspecified atom stereocenters. The molecule has 4 N–H and O–H groups in total. The molecule has 14 heteroatoms. The Hall–Kier alpha value is -4.85. The number of likely N-dealkylation sites (tertiary alicyclic amines) is 1. The lowest BCUT2D eigenvalue weighted by Crippen LogP contribution is -2.28. The van der Waals surface area contributed by atoms with Crippen LogP contribution >= 0.6 is 11.3 Å². The second-order valence-electron chi connectivity index (χ2n) is 9.86. The van der Waals surface area contributed by atoms with Crippen molar-refractivity contribution in [2.75, 3.05) is 50.8 Å². The van der Waals surface area contributed by atoms with E-state index >= 15 is 0 Å². The molecule has 0 saturated carbocycles. The van der Waals surface area contributed by atoms with Gasteiger partial charge in [0, 0.05) is 55.0 Å². The van der Waals surface area contributed by atoms with Gasteiger partial charge in [-0.15, -0.1) is 0 Å². The fraction of sp³-hybridized carbons (Fsp3) is 0.345. The Morgan fingerprint density at radius 3 is 2.40 bits per heavy atom. The number of ether oxygens (including phenoxy) is 3. The molecule has 0 spiro atoms. The number of nitrogens with one attached hydrogen (secondary N) is 2. The van der Waals surface area contributed by atoms with Crippen LogP contribution in [0.15, 0.2) is 34.9 Å². The van der Waals surface area contributed by atoms with E-state index in [9.17, 15) is 9.59 Å². The Labute approximate surface area is 252 Å². The molecule has 4 aromatic rings. The molecule has 3 heterocycles. The first-order chi connectivity index (χ1) is 20.8. The zero-order chi connectivity index (χ0) is 30.5. The third-order valence-electron chi connectivity index (χ3n) is 6.98. The molecule has 1 saturated heterocycles. The number of aromatic nitrogens is 3. The lowest BCUT2D eigenvalue weighted by atomic mass is 10.1. The minimum atomic E-state index is -0.235. The highest BCUT2D eigenvalue weighted by Crippen LogP contribution is 2.42. The summed E-state index contributed by atoms with van der Waals surface area (Å²) in [6, 6.07) is 8.93. The highest BCUT2D eigenvalue weighted by molar-refractivity contribution is 7.19. The van der Waals surface area contributed by atoms with Gasteiger partial charge in [-0.3, -0.25) is 9.59 Å². The number of nitrogens with two attached hydrogens (primary N) is 1. The lowest BCUT2D eigenvalue weighted by Gasteiger charge is -2.14. The normalized spacial score (nSPS) is 12.7. The number of thiazole rings is 1. The monoisotopic (exact) mass is 607 g/mol. The summed E-state index contributed by atoms with van der Waals surface area (Å²) in [7, 11) is 4.61. The number of carbonyl (C=O) groups is 2. The van der Waals surface area contributed by atoms with E-state index in [-0.39, 0.29) is 36.4 Å². The van der Waals surface area contributed by atoms with Gasteiger partial charge in [0.05, 0.1) is 21.3 Å². The summed E-state index contributed by atoms with van der Waals surface area (Å²) >= 11 is 1.24. The number of nitrogen functional groups attached to an aromatic ring is 1. The van der Waals surface area contributed by atoms with Crippen LogP contribution < -0.4 is 30.6 Å². The third-order valence-corrected chi connectivity index (χ3v) is 7.95. The maximum absolute atomic E-state index is 12.6. The second kappa shape index (κ2) is 13.0. The van der Waals surface area contributed by atoms with E-state index < -0.39 is 0 Å². The van der Waals surface area contributed by atoms with Gasteiger partial charge >= 0.3 is 0 Å². The summed E-state index contributed by atoms with van der Waals surface area (Å²) in [5.41, 5.74) is 9.00. The van der Waals surface area contributed by atoms with Crippen molar-refractivity contribution in [2.24, 2.45) is 0 Å². The molecular weight excluding hydrogens is 574 g/mol. The highest BCUT2D eigenvalue weighted by atomic mass is 32.1. The van der Waals surface area contributed by atoms with E-state index in [0.29, 0.717) is 50.0 Å². The van der Waals surface area contributed by atoms with Crippen LogP contribution in [0, 0.1) is 6.92 Å². The van der Waals surface area contributed by atoms with Crippen molar-refractivity contribution in [1.29, 1.82) is 0 Å². The van der Waals surface area contributed by atoms with Gasteiger partial charge in [-0.1, -0.05) is 22.6 Å². The number of rotatable bonds is 11. The lowest BCUT2D eigenvalue weighted by molar-refractivity contribution is -0.131. The quantitative estimate of drug-likeness (QED) is 0.213.